The molecule has 0 spiro atoms. The average Bonchev–Trinajstić information content (AvgIpc) is 2.52. The predicted octanol–water partition coefficient (Wildman–Crippen LogP) is 0.886. The number of benzene rings is 1. The van der Waals surface area contributed by atoms with Crippen LogP contribution >= 0.6 is 12.4 Å². The number of fused-ring (bicyclic) bond motifs is 1. The van der Waals surface area contributed by atoms with Crippen molar-refractivity contribution in [2.45, 2.75) is 6.92 Å². The number of likely N-dealkylation sites (N-methyl/N-ethyl adjacent to an activating group) is 2. The van der Waals surface area contributed by atoms with E-state index in [2.05, 4.69) is 10.6 Å². The second-order valence-electron chi connectivity index (χ2n) is 4.84. The Labute approximate surface area is 141 Å². The third-order valence-corrected chi connectivity index (χ3v) is 3.22. The number of hydrogen-bond donors (Lipinski definition) is 2. The summed E-state index contributed by atoms with van der Waals surface area (Å²) in [5.74, 6) is 0.927. The smallest absolute Gasteiger partial charge is 0.243 e. The molecule has 1 aromatic carbocycles. The lowest BCUT2D eigenvalue weighted by Crippen LogP contribution is -2.41. The minimum Gasteiger partial charge on any atom is -0.486 e. The molecule has 23 heavy (non-hydrogen) atoms. The van der Waals surface area contributed by atoms with Gasteiger partial charge in [-0.15, -0.1) is 12.4 Å². The predicted molar refractivity (Wildman–Crippen MR) is 89.5 cm³/mol. The van der Waals surface area contributed by atoms with Crippen molar-refractivity contribution < 1.29 is 19.1 Å². The third-order valence-electron chi connectivity index (χ3n) is 3.22. The number of anilines is 1. The van der Waals surface area contributed by atoms with Crippen molar-refractivity contribution in [2.24, 2.45) is 0 Å². The van der Waals surface area contributed by atoms with Gasteiger partial charge in [-0.2, -0.15) is 0 Å². The van der Waals surface area contributed by atoms with E-state index in [9.17, 15) is 9.59 Å². The summed E-state index contributed by atoms with van der Waals surface area (Å²) in [4.78, 5) is 25.4. The van der Waals surface area contributed by atoms with E-state index in [4.69, 9.17) is 9.47 Å². The van der Waals surface area contributed by atoms with E-state index in [1.54, 1.807) is 25.2 Å². The zero-order chi connectivity index (χ0) is 15.9. The number of hydrogen-bond acceptors (Lipinski definition) is 5. The Bertz CT molecular complexity index is 554. The Morgan fingerprint density at radius 3 is 2.57 bits per heavy atom. The molecule has 1 aliphatic heterocycles. The van der Waals surface area contributed by atoms with Crippen LogP contribution in [-0.2, 0) is 9.59 Å². The molecule has 1 aromatic rings. The highest BCUT2D eigenvalue weighted by atomic mass is 35.5. The number of halogens is 1. The number of carbonyl (C=O) groups is 2. The SMILES string of the molecule is CCN(CC(=O)Nc1ccc2c(c1)OCCO2)C(=O)CNC.Cl. The molecular formula is C15H22ClN3O4. The number of rotatable bonds is 6. The number of carbonyl (C=O) groups excluding carboxylic acids is 2. The van der Waals surface area contributed by atoms with Gasteiger partial charge in [0.2, 0.25) is 11.8 Å². The van der Waals surface area contributed by atoms with Crippen molar-refractivity contribution in [2.75, 3.05) is 45.2 Å². The second kappa shape index (κ2) is 9.22. The molecule has 0 aromatic heterocycles. The van der Waals surface area contributed by atoms with Crippen molar-refractivity contribution in [3.05, 3.63) is 18.2 Å². The van der Waals surface area contributed by atoms with Crippen LogP contribution in [0.25, 0.3) is 0 Å². The van der Waals surface area contributed by atoms with Crippen molar-refractivity contribution in [3.63, 3.8) is 0 Å². The number of nitrogens with one attached hydrogen (secondary N) is 2. The molecule has 7 nitrogen and oxygen atoms in total. The molecule has 1 aliphatic rings. The Balaban J connectivity index is 0.00000264. The van der Waals surface area contributed by atoms with Crippen LogP contribution in [0.2, 0.25) is 0 Å². The van der Waals surface area contributed by atoms with E-state index in [0.717, 1.165) is 0 Å². The number of amides is 2. The summed E-state index contributed by atoms with van der Waals surface area (Å²) in [6.45, 7) is 3.57. The van der Waals surface area contributed by atoms with Gasteiger partial charge in [0.15, 0.2) is 11.5 Å². The first-order chi connectivity index (χ1) is 10.6. The first-order valence-electron chi connectivity index (χ1n) is 7.26. The zero-order valence-corrected chi connectivity index (χ0v) is 14.1. The van der Waals surface area contributed by atoms with Crippen molar-refractivity contribution in [3.8, 4) is 11.5 Å². The Hall–Kier alpha value is -1.99. The highest BCUT2D eigenvalue weighted by molar-refractivity contribution is 5.95. The maximum Gasteiger partial charge on any atom is 0.243 e. The Morgan fingerprint density at radius 2 is 1.91 bits per heavy atom. The van der Waals surface area contributed by atoms with E-state index >= 15 is 0 Å². The summed E-state index contributed by atoms with van der Waals surface area (Å²) in [5.41, 5.74) is 0.617. The highest BCUT2D eigenvalue weighted by Gasteiger charge is 2.16. The fourth-order valence-electron chi connectivity index (χ4n) is 2.13. The quantitative estimate of drug-likeness (QED) is 0.801. The minimum atomic E-state index is -0.247. The van der Waals surface area contributed by atoms with Crippen LogP contribution in [0.4, 0.5) is 5.69 Å². The molecule has 1 heterocycles. The average molecular weight is 344 g/mol. The van der Waals surface area contributed by atoms with Crippen molar-refractivity contribution in [1.29, 1.82) is 0 Å². The molecule has 0 unspecified atom stereocenters. The third kappa shape index (κ3) is 5.30. The Kier molecular flexibility index (Phi) is 7.64. The van der Waals surface area contributed by atoms with Crippen LogP contribution in [0.5, 0.6) is 11.5 Å². The fourth-order valence-corrected chi connectivity index (χ4v) is 2.13. The van der Waals surface area contributed by atoms with E-state index in [0.29, 0.717) is 36.9 Å². The summed E-state index contributed by atoms with van der Waals surface area (Å²) >= 11 is 0. The summed E-state index contributed by atoms with van der Waals surface area (Å²) in [7, 11) is 1.70. The van der Waals surface area contributed by atoms with Crippen LogP contribution in [0.15, 0.2) is 18.2 Å². The number of nitrogens with zero attached hydrogens (tertiary/aromatic N) is 1. The molecule has 0 atom stereocenters. The van der Waals surface area contributed by atoms with Gasteiger partial charge in [-0.25, -0.2) is 0 Å². The van der Waals surface area contributed by atoms with Crippen molar-refractivity contribution in [1.82, 2.24) is 10.2 Å². The van der Waals surface area contributed by atoms with Gasteiger partial charge in [0.05, 0.1) is 13.1 Å². The lowest BCUT2D eigenvalue weighted by molar-refractivity contribution is -0.133. The molecule has 0 saturated carbocycles. The molecule has 2 N–H and O–H groups in total. The normalized spacial score (nSPS) is 12.1. The molecule has 2 rings (SSSR count). The lowest BCUT2D eigenvalue weighted by Gasteiger charge is -2.21. The van der Waals surface area contributed by atoms with Gasteiger partial charge in [0, 0.05) is 18.3 Å². The second-order valence-corrected chi connectivity index (χ2v) is 4.84. The first kappa shape index (κ1) is 19.1. The molecule has 0 aliphatic carbocycles. The van der Waals surface area contributed by atoms with E-state index < -0.39 is 0 Å². The molecule has 0 fully saturated rings. The van der Waals surface area contributed by atoms with Gasteiger partial charge in [-0.3, -0.25) is 9.59 Å². The van der Waals surface area contributed by atoms with Gasteiger partial charge in [0.1, 0.15) is 13.2 Å². The minimum absolute atomic E-state index is 0. The van der Waals surface area contributed by atoms with E-state index in [-0.39, 0.29) is 37.3 Å². The summed E-state index contributed by atoms with van der Waals surface area (Å²) in [6.07, 6.45) is 0. The monoisotopic (exact) mass is 343 g/mol. The van der Waals surface area contributed by atoms with Gasteiger partial charge < -0.3 is 25.0 Å². The zero-order valence-electron chi connectivity index (χ0n) is 13.3. The van der Waals surface area contributed by atoms with Crippen LogP contribution in [0.1, 0.15) is 6.92 Å². The van der Waals surface area contributed by atoms with Gasteiger partial charge >= 0.3 is 0 Å². The van der Waals surface area contributed by atoms with Crippen LogP contribution in [0, 0.1) is 0 Å². The van der Waals surface area contributed by atoms with Crippen LogP contribution in [0.3, 0.4) is 0 Å². The van der Waals surface area contributed by atoms with Gasteiger partial charge in [-0.1, -0.05) is 0 Å². The largest absolute Gasteiger partial charge is 0.486 e. The van der Waals surface area contributed by atoms with Gasteiger partial charge in [-0.05, 0) is 26.1 Å². The molecule has 0 saturated heterocycles. The lowest BCUT2D eigenvalue weighted by atomic mass is 10.2. The highest BCUT2D eigenvalue weighted by Crippen LogP contribution is 2.32. The molecule has 0 radical (unpaired) electrons. The topological polar surface area (TPSA) is 79.9 Å². The van der Waals surface area contributed by atoms with E-state index in [1.807, 2.05) is 6.92 Å². The number of ether oxygens (including phenoxy) is 2. The standard InChI is InChI=1S/C15H21N3O4.ClH/c1-3-18(15(20)9-16-2)10-14(19)17-11-4-5-12-13(8-11)22-7-6-21-12;/h4-5,8,16H,3,6-7,9-10H2,1-2H3,(H,17,19);1H. The Morgan fingerprint density at radius 1 is 1.22 bits per heavy atom. The fraction of sp³-hybridized carbons (Fsp3) is 0.467. The maximum atomic E-state index is 12.1. The summed E-state index contributed by atoms with van der Waals surface area (Å²) in [6, 6.07) is 5.23. The maximum absolute atomic E-state index is 12.1. The van der Waals surface area contributed by atoms with Crippen LogP contribution in [-0.4, -0.2) is 56.6 Å². The van der Waals surface area contributed by atoms with E-state index in [1.165, 1.54) is 4.90 Å². The van der Waals surface area contributed by atoms with Gasteiger partial charge in [0.25, 0.3) is 0 Å². The molecule has 8 heteroatoms. The molecular weight excluding hydrogens is 322 g/mol. The van der Waals surface area contributed by atoms with Crippen molar-refractivity contribution >= 4 is 29.9 Å². The molecule has 128 valence electrons. The molecule has 0 bridgehead atoms. The molecule has 2 amide bonds. The first-order valence-corrected chi connectivity index (χ1v) is 7.26. The summed E-state index contributed by atoms with van der Waals surface area (Å²) < 4.78 is 10.9. The van der Waals surface area contributed by atoms with Crippen LogP contribution < -0.4 is 20.1 Å². The summed E-state index contributed by atoms with van der Waals surface area (Å²) in [5, 5.41) is 5.55.